The van der Waals surface area contributed by atoms with Crippen molar-refractivity contribution in [1.82, 2.24) is 14.9 Å². The summed E-state index contributed by atoms with van der Waals surface area (Å²) in [7, 11) is 0. The number of likely N-dealkylation sites (N-methyl/N-ethyl adjacent to an activating group) is 1. The molecule has 5 heteroatoms. The fourth-order valence-corrected chi connectivity index (χ4v) is 2.77. The van der Waals surface area contributed by atoms with Crippen LogP contribution in [0.2, 0.25) is 0 Å². The zero-order chi connectivity index (χ0) is 13.9. The van der Waals surface area contributed by atoms with Crippen LogP contribution in [0.1, 0.15) is 19.8 Å². The monoisotopic (exact) mass is 271 g/mol. The van der Waals surface area contributed by atoms with Gasteiger partial charge in [-0.3, -0.25) is 0 Å². The highest BCUT2D eigenvalue weighted by Crippen LogP contribution is 2.21. The molecule has 0 radical (unpaired) electrons. The smallest absolute Gasteiger partial charge is 0.169 e. The topological polar surface area (TPSA) is 67.1 Å². The van der Waals surface area contributed by atoms with Gasteiger partial charge < -0.3 is 16.0 Å². The first-order valence-corrected chi connectivity index (χ1v) is 7.27. The van der Waals surface area contributed by atoms with Gasteiger partial charge in [0.15, 0.2) is 11.6 Å². The maximum Gasteiger partial charge on any atom is 0.169 e. The standard InChI is InChI=1S/C15H21N5/c1-2-20-9-5-6-11(10-20)17-15-14(16)18-12-7-3-4-8-13(12)19-15/h3-4,7-8,11H,2,5-6,9-10H2,1H3,(H2,16,18)(H,17,19). The Balaban J connectivity index is 1.81. The lowest BCUT2D eigenvalue weighted by molar-refractivity contribution is 0.226. The average Bonchev–Trinajstić information content (AvgIpc) is 2.48. The molecule has 0 spiro atoms. The van der Waals surface area contributed by atoms with Gasteiger partial charge in [-0.25, -0.2) is 9.97 Å². The number of para-hydroxylation sites is 2. The van der Waals surface area contributed by atoms with Crippen molar-refractivity contribution in [3.05, 3.63) is 24.3 Å². The van der Waals surface area contributed by atoms with Crippen molar-refractivity contribution in [1.29, 1.82) is 0 Å². The third kappa shape index (κ3) is 2.67. The molecule has 106 valence electrons. The number of nitrogens with two attached hydrogens (primary N) is 1. The summed E-state index contributed by atoms with van der Waals surface area (Å²) >= 11 is 0. The zero-order valence-corrected chi connectivity index (χ0v) is 11.8. The van der Waals surface area contributed by atoms with Crippen LogP contribution in [0.5, 0.6) is 0 Å². The van der Waals surface area contributed by atoms with E-state index in [1.165, 1.54) is 13.0 Å². The highest BCUT2D eigenvalue weighted by Gasteiger charge is 2.20. The Morgan fingerprint density at radius 2 is 2.05 bits per heavy atom. The fourth-order valence-electron chi connectivity index (χ4n) is 2.77. The molecule has 0 saturated carbocycles. The summed E-state index contributed by atoms with van der Waals surface area (Å²) in [6.45, 7) is 5.53. The van der Waals surface area contributed by atoms with Gasteiger partial charge in [0.05, 0.1) is 11.0 Å². The van der Waals surface area contributed by atoms with Gasteiger partial charge in [-0.15, -0.1) is 0 Å². The quantitative estimate of drug-likeness (QED) is 0.895. The third-order valence-electron chi connectivity index (χ3n) is 3.89. The molecule has 5 nitrogen and oxygen atoms in total. The highest BCUT2D eigenvalue weighted by molar-refractivity contribution is 5.79. The van der Waals surface area contributed by atoms with Crippen LogP contribution in [0, 0.1) is 0 Å². The van der Waals surface area contributed by atoms with Gasteiger partial charge in [0.25, 0.3) is 0 Å². The molecule has 1 fully saturated rings. The number of piperidine rings is 1. The molecular formula is C15H21N5. The minimum absolute atomic E-state index is 0.404. The van der Waals surface area contributed by atoms with Crippen LogP contribution in [0.4, 0.5) is 11.6 Å². The molecule has 1 aromatic heterocycles. The van der Waals surface area contributed by atoms with Crippen LogP contribution in [0.25, 0.3) is 11.0 Å². The number of nitrogens with one attached hydrogen (secondary N) is 1. The molecule has 1 saturated heterocycles. The second-order valence-electron chi connectivity index (χ2n) is 5.32. The molecule has 0 bridgehead atoms. The van der Waals surface area contributed by atoms with Crippen molar-refractivity contribution in [3.8, 4) is 0 Å². The summed E-state index contributed by atoms with van der Waals surface area (Å²) in [5, 5.41) is 3.47. The van der Waals surface area contributed by atoms with Crippen LogP contribution in [-0.4, -0.2) is 40.5 Å². The summed E-state index contributed by atoms with van der Waals surface area (Å²) in [6.07, 6.45) is 2.37. The second kappa shape index (κ2) is 5.63. The minimum atomic E-state index is 0.404. The van der Waals surface area contributed by atoms with E-state index < -0.39 is 0 Å². The van der Waals surface area contributed by atoms with Crippen molar-refractivity contribution >= 4 is 22.7 Å². The van der Waals surface area contributed by atoms with E-state index in [1.807, 2.05) is 24.3 Å². The summed E-state index contributed by atoms with van der Waals surface area (Å²) in [5.41, 5.74) is 7.75. The van der Waals surface area contributed by atoms with E-state index in [0.29, 0.717) is 17.7 Å². The SMILES string of the molecule is CCN1CCCC(Nc2nc3ccccc3nc2N)C1. The van der Waals surface area contributed by atoms with Gasteiger partial charge in [0.1, 0.15) is 0 Å². The molecular weight excluding hydrogens is 250 g/mol. The summed E-state index contributed by atoms with van der Waals surface area (Å²) in [5.74, 6) is 1.20. The van der Waals surface area contributed by atoms with E-state index >= 15 is 0 Å². The number of nitrogens with zero attached hydrogens (tertiary/aromatic N) is 3. The lowest BCUT2D eigenvalue weighted by Gasteiger charge is -2.32. The van der Waals surface area contributed by atoms with E-state index in [-0.39, 0.29) is 0 Å². The maximum atomic E-state index is 6.02. The maximum absolute atomic E-state index is 6.02. The molecule has 1 atom stereocenters. The van der Waals surface area contributed by atoms with Crippen molar-refractivity contribution < 1.29 is 0 Å². The normalized spacial score (nSPS) is 20.1. The van der Waals surface area contributed by atoms with E-state index in [1.54, 1.807) is 0 Å². The van der Waals surface area contributed by atoms with Crippen molar-refractivity contribution in [2.75, 3.05) is 30.7 Å². The summed E-state index contributed by atoms with van der Waals surface area (Å²) in [6, 6.07) is 8.22. The fraction of sp³-hybridized carbons (Fsp3) is 0.467. The van der Waals surface area contributed by atoms with E-state index in [9.17, 15) is 0 Å². The first-order chi connectivity index (χ1) is 9.76. The van der Waals surface area contributed by atoms with Crippen molar-refractivity contribution in [2.45, 2.75) is 25.8 Å². The van der Waals surface area contributed by atoms with Gasteiger partial charge >= 0.3 is 0 Å². The van der Waals surface area contributed by atoms with Crippen LogP contribution >= 0.6 is 0 Å². The number of nitrogen functional groups attached to an aromatic ring is 1. The van der Waals surface area contributed by atoms with Gasteiger partial charge in [0.2, 0.25) is 0 Å². The summed E-state index contributed by atoms with van der Waals surface area (Å²) < 4.78 is 0. The molecule has 20 heavy (non-hydrogen) atoms. The third-order valence-corrected chi connectivity index (χ3v) is 3.89. The molecule has 2 heterocycles. The van der Waals surface area contributed by atoms with Gasteiger partial charge in [-0.05, 0) is 38.1 Å². The van der Waals surface area contributed by atoms with Crippen molar-refractivity contribution in [2.24, 2.45) is 0 Å². The number of anilines is 2. The Bertz CT molecular complexity index is 598. The largest absolute Gasteiger partial charge is 0.381 e. The highest BCUT2D eigenvalue weighted by atomic mass is 15.2. The number of hydrogen-bond donors (Lipinski definition) is 2. The van der Waals surface area contributed by atoms with E-state index in [2.05, 4.69) is 27.1 Å². The number of hydrogen-bond acceptors (Lipinski definition) is 5. The van der Waals surface area contributed by atoms with Crippen LogP contribution in [0.15, 0.2) is 24.3 Å². The molecule has 1 aromatic carbocycles. The Hall–Kier alpha value is -1.88. The minimum Gasteiger partial charge on any atom is -0.381 e. The lowest BCUT2D eigenvalue weighted by Crippen LogP contribution is -2.42. The Morgan fingerprint density at radius 3 is 2.80 bits per heavy atom. The first-order valence-electron chi connectivity index (χ1n) is 7.27. The van der Waals surface area contributed by atoms with E-state index in [4.69, 9.17) is 5.73 Å². The summed E-state index contributed by atoms with van der Waals surface area (Å²) in [4.78, 5) is 11.5. The molecule has 2 aromatic rings. The van der Waals surface area contributed by atoms with Gasteiger partial charge in [-0.2, -0.15) is 0 Å². The molecule has 1 aliphatic heterocycles. The molecule has 0 aliphatic carbocycles. The average molecular weight is 271 g/mol. The zero-order valence-electron chi connectivity index (χ0n) is 11.8. The van der Waals surface area contributed by atoms with Crippen LogP contribution < -0.4 is 11.1 Å². The van der Waals surface area contributed by atoms with Crippen LogP contribution in [0.3, 0.4) is 0 Å². The molecule has 3 rings (SSSR count). The van der Waals surface area contributed by atoms with Gasteiger partial charge in [-0.1, -0.05) is 19.1 Å². The number of likely N-dealkylation sites (tertiary alicyclic amines) is 1. The molecule has 1 aliphatic rings. The predicted octanol–water partition coefficient (Wildman–Crippen LogP) is 2.11. The second-order valence-corrected chi connectivity index (χ2v) is 5.32. The van der Waals surface area contributed by atoms with Gasteiger partial charge in [0, 0.05) is 12.6 Å². The Kier molecular flexibility index (Phi) is 3.69. The lowest BCUT2D eigenvalue weighted by atomic mass is 10.1. The Labute approximate surface area is 119 Å². The Morgan fingerprint density at radius 1 is 1.30 bits per heavy atom. The number of rotatable bonds is 3. The number of fused-ring (bicyclic) bond motifs is 1. The van der Waals surface area contributed by atoms with Crippen LogP contribution in [-0.2, 0) is 0 Å². The predicted molar refractivity (Wildman–Crippen MR) is 82.7 cm³/mol. The molecule has 0 amide bonds. The number of benzene rings is 1. The van der Waals surface area contributed by atoms with E-state index in [0.717, 1.165) is 30.5 Å². The molecule has 3 N–H and O–H groups in total. The first kappa shape index (κ1) is 13.1. The van der Waals surface area contributed by atoms with Crippen molar-refractivity contribution in [3.63, 3.8) is 0 Å². The molecule has 1 unspecified atom stereocenters. The number of aromatic nitrogens is 2.